The van der Waals surface area contributed by atoms with Crippen molar-refractivity contribution >= 4 is 12.1 Å². The third kappa shape index (κ3) is 4.58. The number of rotatable bonds is 6. The standard InChI is InChI=1S/C17H20N2O5/c1-12(2)24-17(21)23-11-22-16(20)15-9-18-10-19(15)13(3)14-7-5-4-6-8-14/h4-10,12-13H,11H2,1-3H3. The second kappa shape index (κ2) is 8.14. The van der Waals surface area contributed by atoms with E-state index in [0.29, 0.717) is 0 Å². The molecular formula is C17H20N2O5. The summed E-state index contributed by atoms with van der Waals surface area (Å²) < 4.78 is 16.1. The minimum Gasteiger partial charge on any atom is -0.431 e. The van der Waals surface area contributed by atoms with E-state index in [4.69, 9.17) is 9.47 Å². The molecule has 128 valence electrons. The maximum absolute atomic E-state index is 12.2. The van der Waals surface area contributed by atoms with Crippen molar-refractivity contribution in [2.75, 3.05) is 6.79 Å². The normalized spacial score (nSPS) is 11.8. The molecule has 24 heavy (non-hydrogen) atoms. The minimum absolute atomic E-state index is 0.0944. The van der Waals surface area contributed by atoms with Crippen LogP contribution >= 0.6 is 0 Å². The van der Waals surface area contributed by atoms with Crippen LogP contribution in [0.4, 0.5) is 4.79 Å². The number of nitrogens with zero attached hydrogens (tertiary/aromatic N) is 2. The van der Waals surface area contributed by atoms with Crippen LogP contribution in [-0.2, 0) is 14.2 Å². The number of esters is 1. The summed E-state index contributed by atoms with van der Waals surface area (Å²) in [4.78, 5) is 27.4. The first-order chi connectivity index (χ1) is 11.5. The molecule has 0 saturated carbocycles. The fourth-order valence-electron chi connectivity index (χ4n) is 2.10. The van der Waals surface area contributed by atoms with Crippen LogP contribution in [0.15, 0.2) is 42.9 Å². The average molecular weight is 332 g/mol. The molecule has 0 saturated heterocycles. The molecule has 1 aromatic carbocycles. The molecule has 0 aliphatic rings. The summed E-state index contributed by atoms with van der Waals surface area (Å²) >= 11 is 0. The molecule has 1 heterocycles. The van der Waals surface area contributed by atoms with E-state index in [0.717, 1.165) is 5.56 Å². The molecule has 0 radical (unpaired) electrons. The minimum atomic E-state index is -0.885. The van der Waals surface area contributed by atoms with Crippen molar-refractivity contribution in [1.82, 2.24) is 9.55 Å². The van der Waals surface area contributed by atoms with Gasteiger partial charge in [0.05, 0.1) is 24.7 Å². The predicted octanol–water partition coefficient (Wildman–Crippen LogP) is 3.17. The van der Waals surface area contributed by atoms with Crippen molar-refractivity contribution in [3.05, 3.63) is 54.1 Å². The third-order valence-electron chi connectivity index (χ3n) is 3.27. The lowest BCUT2D eigenvalue weighted by Gasteiger charge is -2.16. The van der Waals surface area contributed by atoms with E-state index in [-0.39, 0.29) is 17.8 Å². The van der Waals surface area contributed by atoms with Gasteiger partial charge in [0.15, 0.2) is 0 Å². The number of carbonyl (C=O) groups excluding carboxylic acids is 2. The molecule has 0 fully saturated rings. The first-order valence-corrected chi connectivity index (χ1v) is 7.56. The van der Waals surface area contributed by atoms with Gasteiger partial charge >= 0.3 is 12.1 Å². The highest BCUT2D eigenvalue weighted by atomic mass is 16.8. The molecule has 0 bridgehead atoms. The zero-order valence-corrected chi connectivity index (χ0v) is 13.8. The van der Waals surface area contributed by atoms with Gasteiger partial charge in [-0.1, -0.05) is 30.3 Å². The first-order valence-electron chi connectivity index (χ1n) is 7.56. The Balaban J connectivity index is 1.97. The predicted molar refractivity (Wildman–Crippen MR) is 85.5 cm³/mol. The molecule has 0 N–H and O–H groups in total. The summed E-state index contributed by atoms with van der Waals surface area (Å²) in [5.41, 5.74) is 1.30. The molecule has 0 aliphatic heterocycles. The van der Waals surface area contributed by atoms with Crippen molar-refractivity contribution in [2.45, 2.75) is 32.9 Å². The third-order valence-corrected chi connectivity index (χ3v) is 3.27. The molecular weight excluding hydrogens is 312 g/mol. The maximum Gasteiger partial charge on any atom is 0.511 e. The number of hydrogen-bond acceptors (Lipinski definition) is 6. The van der Waals surface area contributed by atoms with E-state index in [1.54, 1.807) is 24.7 Å². The molecule has 0 aliphatic carbocycles. The average Bonchev–Trinajstić information content (AvgIpc) is 3.03. The summed E-state index contributed by atoms with van der Waals surface area (Å²) in [5, 5.41) is 0. The zero-order chi connectivity index (χ0) is 17.5. The SMILES string of the molecule is CC(C)OC(=O)OCOC(=O)c1cncn1C(C)c1ccccc1. The van der Waals surface area contributed by atoms with E-state index in [9.17, 15) is 9.59 Å². The topological polar surface area (TPSA) is 79.7 Å². The van der Waals surface area contributed by atoms with E-state index in [2.05, 4.69) is 9.72 Å². The quantitative estimate of drug-likeness (QED) is 0.597. The molecule has 7 nitrogen and oxygen atoms in total. The lowest BCUT2D eigenvalue weighted by atomic mass is 10.1. The van der Waals surface area contributed by atoms with Crippen LogP contribution in [0.1, 0.15) is 42.9 Å². The number of benzene rings is 1. The summed E-state index contributed by atoms with van der Waals surface area (Å²) in [6, 6.07) is 9.61. The van der Waals surface area contributed by atoms with Crippen molar-refractivity contribution in [3.63, 3.8) is 0 Å². The van der Waals surface area contributed by atoms with Gasteiger partial charge in [0, 0.05) is 0 Å². The Hall–Kier alpha value is -2.83. The van der Waals surface area contributed by atoms with Gasteiger partial charge in [-0.25, -0.2) is 14.6 Å². The van der Waals surface area contributed by atoms with Crippen LogP contribution in [-0.4, -0.2) is 34.6 Å². The molecule has 7 heteroatoms. The maximum atomic E-state index is 12.2. The van der Waals surface area contributed by atoms with Gasteiger partial charge in [-0.15, -0.1) is 0 Å². The molecule has 0 spiro atoms. The van der Waals surface area contributed by atoms with Gasteiger partial charge in [0.1, 0.15) is 5.69 Å². The molecule has 2 rings (SSSR count). The van der Waals surface area contributed by atoms with Crippen LogP contribution in [0.5, 0.6) is 0 Å². The van der Waals surface area contributed by atoms with E-state index < -0.39 is 18.9 Å². The van der Waals surface area contributed by atoms with Crippen LogP contribution in [0.25, 0.3) is 0 Å². The Bertz CT molecular complexity index is 681. The number of aromatic nitrogens is 2. The summed E-state index contributed by atoms with van der Waals surface area (Å²) in [6.07, 6.45) is 1.78. The van der Waals surface area contributed by atoms with Crippen LogP contribution in [0.3, 0.4) is 0 Å². The van der Waals surface area contributed by atoms with Gasteiger partial charge in [-0.3, -0.25) is 0 Å². The number of hydrogen-bond donors (Lipinski definition) is 0. The second-order valence-corrected chi connectivity index (χ2v) is 5.38. The Morgan fingerprint density at radius 3 is 2.50 bits per heavy atom. The highest BCUT2D eigenvalue weighted by molar-refractivity contribution is 5.87. The summed E-state index contributed by atoms with van der Waals surface area (Å²) in [6.45, 7) is 4.81. The highest BCUT2D eigenvalue weighted by Gasteiger charge is 2.19. The summed E-state index contributed by atoms with van der Waals surface area (Å²) in [5.74, 6) is -0.632. The summed E-state index contributed by atoms with van der Waals surface area (Å²) in [7, 11) is 0. The molecule has 2 aromatic rings. The van der Waals surface area contributed by atoms with Gasteiger partial charge in [0.2, 0.25) is 6.79 Å². The lowest BCUT2D eigenvalue weighted by Crippen LogP contribution is -2.19. The fourth-order valence-corrected chi connectivity index (χ4v) is 2.10. The Morgan fingerprint density at radius 2 is 1.83 bits per heavy atom. The molecule has 0 amide bonds. The largest absolute Gasteiger partial charge is 0.511 e. The lowest BCUT2D eigenvalue weighted by molar-refractivity contribution is -0.0350. The number of imidazole rings is 1. The zero-order valence-electron chi connectivity index (χ0n) is 13.8. The van der Waals surface area contributed by atoms with Crippen molar-refractivity contribution < 1.29 is 23.8 Å². The first kappa shape index (κ1) is 17.5. The van der Waals surface area contributed by atoms with Gasteiger partial charge in [0.25, 0.3) is 0 Å². The second-order valence-electron chi connectivity index (χ2n) is 5.38. The fraction of sp³-hybridized carbons (Fsp3) is 0.353. The highest BCUT2D eigenvalue weighted by Crippen LogP contribution is 2.19. The van der Waals surface area contributed by atoms with Crippen LogP contribution < -0.4 is 0 Å². The van der Waals surface area contributed by atoms with Crippen LogP contribution in [0.2, 0.25) is 0 Å². The Labute approximate surface area is 140 Å². The van der Waals surface area contributed by atoms with E-state index in [1.165, 1.54) is 6.20 Å². The van der Waals surface area contributed by atoms with Gasteiger partial charge in [-0.05, 0) is 26.3 Å². The van der Waals surface area contributed by atoms with Crippen molar-refractivity contribution in [3.8, 4) is 0 Å². The molecule has 1 aromatic heterocycles. The number of ether oxygens (including phenoxy) is 3. The van der Waals surface area contributed by atoms with Gasteiger partial charge < -0.3 is 18.8 Å². The van der Waals surface area contributed by atoms with E-state index in [1.807, 2.05) is 37.3 Å². The Morgan fingerprint density at radius 1 is 1.12 bits per heavy atom. The molecule has 1 atom stereocenters. The van der Waals surface area contributed by atoms with Gasteiger partial charge in [-0.2, -0.15) is 0 Å². The van der Waals surface area contributed by atoms with Crippen molar-refractivity contribution in [2.24, 2.45) is 0 Å². The van der Waals surface area contributed by atoms with Crippen LogP contribution in [0, 0.1) is 0 Å². The monoisotopic (exact) mass is 332 g/mol. The van der Waals surface area contributed by atoms with Crippen molar-refractivity contribution in [1.29, 1.82) is 0 Å². The number of carbonyl (C=O) groups is 2. The van der Waals surface area contributed by atoms with E-state index >= 15 is 0 Å². The smallest absolute Gasteiger partial charge is 0.431 e. The molecule has 1 unspecified atom stereocenters. The Kier molecular flexibility index (Phi) is 5.95.